The lowest BCUT2D eigenvalue weighted by molar-refractivity contribution is -0.318. The van der Waals surface area contributed by atoms with Crippen LogP contribution in [0.2, 0.25) is 0 Å². The van der Waals surface area contributed by atoms with E-state index in [0.29, 0.717) is 0 Å². The molecule has 2 heteroatoms. The van der Waals surface area contributed by atoms with Crippen molar-refractivity contribution >= 4 is 0 Å². The van der Waals surface area contributed by atoms with Gasteiger partial charge in [-0.3, -0.25) is 5.26 Å². The first kappa shape index (κ1) is 8.24. The van der Waals surface area contributed by atoms with Crippen LogP contribution < -0.4 is 0 Å². The molecule has 1 N–H and O–H groups in total. The van der Waals surface area contributed by atoms with Gasteiger partial charge in [0.05, 0.1) is 0 Å². The van der Waals surface area contributed by atoms with Gasteiger partial charge in [0.2, 0.25) is 0 Å². The molecule has 2 nitrogen and oxygen atoms in total. The summed E-state index contributed by atoms with van der Waals surface area (Å²) in [5.74, 6) is 0. The molecule has 0 amide bonds. The normalized spacial score (nSPS) is 11.5. The minimum atomic E-state index is -0.665. The van der Waals surface area contributed by atoms with E-state index < -0.39 is 5.60 Å². The van der Waals surface area contributed by atoms with Gasteiger partial charge in [-0.1, -0.05) is 24.3 Å². The molecule has 0 spiro atoms. The van der Waals surface area contributed by atoms with Crippen molar-refractivity contribution in [2.75, 3.05) is 0 Å². The summed E-state index contributed by atoms with van der Waals surface area (Å²) in [6.45, 7) is 3.55. The zero-order valence-corrected chi connectivity index (χ0v) is 6.66. The fourth-order valence-electron chi connectivity index (χ4n) is 0.817. The molecule has 0 aliphatic carbocycles. The highest BCUT2D eigenvalue weighted by Gasteiger charge is 2.20. The van der Waals surface area contributed by atoms with Crippen molar-refractivity contribution < 1.29 is 10.1 Å². The van der Waals surface area contributed by atoms with E-state index >= 15 is 0 Å². The zero-order chi connectivity index (χ0) is 8.32. The Labute approximate surface area is 66.4 Å². The van der Waals surface area contributed by atoms with Crippen molar-refractivity contribution in [3.05, 3.63) is 35.9 Å². The summed E-state index contributed by atoms with van der Waals surface area (Å²) >= 11 is 0. The molecule has 0 aliphatic heterocycles. The van der Waals surface area contributed by atoms with Crippen molar-refractivity contribution in [2.45, 2.75) is 19.4 Å². The highest BCUT2D eigenvalue weighted by atomic mass is 17.1. The number of rotatable bonds is 2. The van der Waals surface area contributed by atoms with Crippen LogP contribution >= 0.6 is 0 Å². The molecule has 0 unspecified atom stereocenters. The number of benzene rings is 1. The highest BCUT2D eigenvalue weighted by molar-refractivity contribution is 5.18. The van der Waals surface area contributed by atoms with E-state index in [-0.39, 0.29) is 0 Å². The predicted molar refractivity (Wildman–Crippen MR) is 42.0 cm³/mol. The lowest BCUT2D eigenvalue weighted by Crippen LogP contribution is -2.19. The zero-order valence-electron chi connectivity index (χ0n) is 6.66. The maximum absolute atomic E-state index is 8.53. The largest absolute Gasteiger partial charge is 0.251 e. The van der Waals surface area contributed by atoms with Crippen LogP contribution in [-0.2, 0) is 10.5 Å². The summed E-state index contributed by atoms with van der Waals surface area (Å²) in [5, 5.41) is 8.53. The molecule has 1 rings (SSSR count). The van der Waals surface area contributed by atoms with E-state index in [9.17, 15) is 0 Å². The molecular weight excluding hydrogens is 140 g/mol. The molecule has 0 saturated carbocycles. The SMILES string of the molecule is CC(C)(OO)c1[c]cccc1. The van der Waals surface area contributed by atoms with Gasteiger partial charge in [0, 0.05) is 0 Å². The van der Waals surface area contributed by atoms with Crippen LogP contribution in [0.4, 0.5) is 0 Å². The van der Waals surface area contributed by atoms with Crippen molar-refractivity contribution in [2.24, 2.45) is 0 Å². The topological polar surface area (TPSA) is 29.5 Å². The van der Waals surface area contributed by atoms with E-state index in [0.717, 1.165) is 5.56 Å². The van der Waals surface area contributed by atoms with Gasteiger partial charge < -0.3 is 0 Å². The summed E-state index contributed by atoms with van der Waals surface area (Å²) in [6.07, 6.45) is 0. The van der Waals surface area contributed by atoms with Crippen molar-refractivity contribution in [1.29, 1.82) is 0 Å². The summed E-state index contributed by atoms with van der Waals surface area (Å²) in [6, 6.07) is 10.4. The van der Waals surface area contributed by atoms with E-state index in [1.54, 1.807) is 19.9 Å². The van der Waals surface area contributed by atoms with Gasteiger partial charge in [0.15, 0.2) is 0 Å². The smallest absolute Gasteiger partial charge is 0.123 e. The van der Waals surface area contributed by atoms with Crippen LogP contribution in [0, 0.1) is 6.07 Å². The summed E-state index contributed by atoms with van der Waals surface area (Å²) in [7, 11) is 0. The highest BCUT2D eigenvalue weighted by Crippen LogP contribution is 2.21. The van der Waals surface area contributed by atoms with Crippen molar-refractivity contribution in [1.82, 2.24) is 0 Å². The molecule has 0 atom stereocenters. The van der Waals surface area contributed by atoms with Gasteiger partial charge in [-0.05, 0) is 25.5 Å². The van der Waals surface area contributed by atoms with Gasteiger partial charge in [-0.25, -0.2) is 4.89 Å². The lowest BCUT2D eigenvalue weighted by Gasteiger charge is -2.19. The molecule has 0 aromatic heterocycles. The summed E-state index contributed by atoms with van der Waals surface area (Å²) in [5.41, 5.74) is 0.170. The average Bonchev–Trinajstić information content (AvgIpc) is 2.06. The Morgan fingerprint density at radius 2 is 2.18 bits per heavy atom. The first-order valence-corrected chi connectivity index (χ1v) is 3.46. The van der Waals surface area contributed by atoms with E-state index in [1.807, 2.05) is 18.2 Å². The van der Waals surface area contributed by atoms with E-state index in [2.05, 4.69) is 11.0 Å². The van der Waals surface area contributed by atoms with Gasteiger partial charge in [-0.15, -0.1) is 0 Å². The first-order valence-electron chi connectivity index (χ1n) is 3.46. The fourth-order valence-corrected chi connectivity index (χ4v) is 0.817. The molecule has 0 fully saturated rings. The Morgan fingerprint density at radius 3 is 2.64 bits per heavy atom. The third kappa shape index (κ3) is 1.79. The Kier molecular flexibility index (Phi) is 2.27. The second-order valence-corrected chi connectivity index (χ2v) is 2.88. The van der Waals surface area contributed by atoms with Crippen LogP contribution in [0.15, 0.2) is 24.3 Å². The Hall–Kier alpha value is -0.860. The van der Waals surface area contributed by atoms with Gasteiger partial charge >= 0.3 is 0 Å². The molecule has 0 heterocycles. The van der Waals surface area contributed by atoms with Crippen LogP contribution in [0.5, 0.6) is 0 Å². The van der Waals surface area contributed by atoms with E-state index in [4.69, 9.17) is 5.26 Å². The second-order valence-electron chi connectivity index (χ2n) is 2.88. The van der Waals surface area contributed by atoms with Crippen molar-refractivity contribution in [3.8, 4) is 0 Å². The summed E-state index contributed by atoms with van der Waals surface area (Å²) < 4.78 is 0. The number of hydrogen-bond acceptors (Lipinski definition) is 2. The minimum Gasteiger partial charge on any atom is -0.251 e. The molecule has 0 bridgehead atoms. The minimum absolute atomic E-state index is 0.665. The van der Waals surface area contributed by atoms with Crippen LogP contribution in [0.25, 0.3) is 0 Å². The maximum Gasteiger partial charge on any atom is 0.123 e. The van der Waals surface area contributed by atoms with Crippen LogP contribution in [-0.4, -0.2) is 5.26 Å². The molecule has 11 heavy (non-hydrogen) atoms. The monoisotopic (exact) mass is 151 g/mol. The van der Waals surface area contributed by atoms with Gasteiger partial charge in [0.25, 0.3) is 0 Å². The quantitative estimate of drug-likeness (QED) is 0.518. The summed E-state index contributed by atoms with van der Waals surface area (Å²) in [4.78, 5) is 4.29. The maximum atomic E-state index is 8.53. The molecular formula is C9H11O2. The molecule has 0 aliphatic rings. The first-order chi connectivity index (χ1) is 5.17. The third-order valence-electron chi connectivity index (χ3n) is 1.59. The fraction of sp³-hybridized carbons (Fsp3) is 0.333. The molecule has 1 aromatic carbocycles. The standard InChI is InChI=1S/C9H11O2/c1-9(2,11-10)8-6-4-3-5-7-8/h3-6,10H,1-2H3. The Morgan fingerprint density at radius 1 is 1.45 bits per heavy atom. The van der Waals surface area contributed by atoms with Crippen LogP contribution in [0.3, 0.4) is 0 Å². The molecule has 59 valence electrons. The van der Waals surface area contributed by atoms with Gasteiger partial charge in [-0.2, -0.15) is 0 Å². The molecule has 0 saturated heterocycles. The van der Waals surface area contributed by atoms with Crippen LogP contribution in [0.1, 0.15) is 19.4 Å². The lowest BCUT2D eigenvalue weighted by atomic mass is 9.99. The molecule has 1 aromatic rings. The molecule has 1 radical (unpaired) electrons. The Bertz CT molecular complexity index is 216. The Balaban J connectivity index is 2.93. The predicted octanol–water partition coefficient (Wildman–Crippen LogP) is 2.21. The number of hydrogen-bond donors (Lipinski definition) is 1. The average molecular weight is 151 g/mol. The van der Waals surface area contributed by atoms with Gasteiger partial charge in [0.1, 0.15) is 5.60 Å². The second kappa shape index (κ2) is 3.03. The van der Waals surface area contributed by atoms with E-state index in [1.165, 1.54) is 0 Å². The third-order valence-corrected chi connectivity index (χ3v) is 1.59. The van der Waals surface area contributed by atoms with Crippen molar-refractivity contribution in [3.63, 3.8) is 0 Å².